The van der Waals surface area contributed by atoms with Crippen LogP contribution in [0.5, 0.6) is 0 Å². The average molecular weight is 332 g/mol. The monoisotopic (exact) mass is 332 g/mol. The van der Waals surface area contributed by atoms with Crippen molar-refractivity contribution in [3.05, 3.63) is 39.5 Å². The fourth-order valence-electron chi connectivity index (χ4n) is 3.12. The zero-order valence-electron chi connectivity index (χ0n) is 14.2. The first-order valence-corrected chi connectivity index (χ1v) is 8.95. The van der Waals surface area contributed by atoms with Gasteiger partial charge in [-0.25, -0.2) is 0 Å². The lowest BCUT2D eigenvalue weighted by atomic mass is 10.1. The second-order valence-electron chi connectivity index (χ2n) is 6.26. The zero-order chi connectivity index (χ0) is 16.6. The third-order valence-corrected chi connectivity index (χ3v) is 5.77. The summed E-state index contributed by atoms with van der Waals surface area (Å²) < 4.78 is 7.77. The van der Waals surface area contributed by atoms with Gasteiger partial charge >= 0.3 is 0 Å². The Kier molecular flexibility index (Phi) is 4.60. The summed E-state index contributed by atoms with van der Waals surface area (Å²) in [7, 11) is 0. The molecule has 2 aromatic heterocycles. The number of aryl methyl sites for hydroxylation is 3. The molecule has 0 saturated carbocycles. The molecule has 0 aliphatic carbocycles. The summed E-state index contributed by atoms with van der Waals surface area (Å²) in [5.41, 5.74) is 4.17. The number of nitrogens with one attached hydrogen (secondary N) is 1. The van der Waals surface area contributed by atoms with E-state index in [0.29, 0.717) is 6.54 Å². The molecule has 0 aromatic carbocycles. The molecule has 1 aliphatic heterocycles. The highest BCUT2D eigenvalue weighted by Crippen LogP contribution is 2.33. The number of hydrogen-bond acceptors (Lipinski definition) is 3. The van der Waals surface area contributed by atoms with E-state index in [1.165, 1.54) is 4.88 Å². The number of carbonyl (C=O) groups excluding carboxylic acids is 1. The van der Waals surface area contributed by atoms with Crippen LogP contribution in [0.3, 0.4) is 0 Å². The second kappa shape index (κ2) is 6.49. The second-order valence-corrected chi connectivity index (χ2v) is 7.46. The summed E-state index contributed by atoms with van der Waals surface area (Å²) in [6, 6.07) is 4.18. The normalized spacial score (nSPS) is 17.7. The molecule has 4 nitrogen and oxygen atoms in total. The quantitative estimate of drug-likeness (QED) is 0.928. The molecule has 1 N–H and O–H groups in total. The molecular formula is C18H24N2O2S. The van der Waals surface area contributed by atoms with Crippen molar-refractivity contribution in [2.75, 3.05) is 13.2 Å². The van der Waals surface area contributed by atoms with Crippen LogP contribution in [-0.2, 0) is 4.74 Å². The number of ether oxygens (including phenoxy) is 1. The first-order chi connectivity index (χ1) is 11.0. The number of aromatic nitrogens is 1. The Morgan fingerprint density at radius 3 is 2.61 bits per heavy atom. The van der Waals surface area contributed by atoms with Crippen molar-refractivity contribution in [3.8, 4) is 5.00 Å². The number of rotatable bonds is 4. The molecule has 0 unspecified atom stereocenters. The van der Waals surface area contributed by atoms with Gasteiger partial charge < -0.3 is 14.6 Å². The minimum absolute atomic E-state index is 0.00449. The standard InChI is InChI=1S/C18H24N2O2S/c1-11-7-8-12(2)20(11)18-16(13(3)14(4)23-18)17(21)19-10-15-6-5-9-22-15/h7-8,15H,5-6,9-10H2,1-4H3,(H,19,21)/t15-/m1/s1. The van der Waals surface area contributed by atoms with Crippen LogP contribution in [-0.4, -0.2) is 29.7 Å². The Balaban J connectivity index is 1.90. The Morgan fingerprint density at radius 2 is 2.00 bits per heavy atom. The molecule has 1 saturated heterocycles. The van der Waals surface area contributed by atoms with Gasteiger partial charge in [-0.05, 0) is 58.2 Å². The minimum Gasteiger partial charge on any atom is -0.376 e. The van der Waals surface area contributed by atoms with Gasteiger partial charge in [-0.2, -0.15) is 0 Å². The molecule has 3 rings (SSSR count). The molecule has 0 radical (unpaired) electrons. The number of carbonyl (C=O) groups is 1. The van der Waals surface area contributed by atoms with Crippen LogP contribution in [0.15, 0.2) is 12.1 Å². The summed E-state index contributed by atoms with van der Waals surface area (Å²) in [4.78, 5) is 14.0. The highest BCUT2D eigenvalue weighted by Gasteiger charge is 2.23. The van der Waals surface area contributed by atoms with Crippen LogP contribution in [0.1, 0.15) is 45.0 Å². The van der Waals surface area contributed by atoms with Crippen LogP contribution < -0.4 is 5.32 Å². The molecule has 1 atom stereocenters. The van der Waals surface area contributed by atoms with Crippen molar-refractivity contribution in [2.24, 2.45) is 0 Å². The van der Waals surface area contributed by atoms with Crippen LogP contribution in [0.25, 0.3) is 5.00 Å². The number of hydrogen-bond donors (Lipinski definition) is 1. The lowest BCUT2D eigenvalue weighted by Gasteiger charge is -2.13. The van der Waals surface area contributed by atoms with E-state index in [2.05, 4.69) is 42.8 Å². The van der Waals surface area contributed by atoms with Gasteiger partial charge in [0.2, 0.25) is 0 Å². The maximum atomic E-state index is 12.8. The van der Waals surface area contributed by atoms with E-state index in [-0.39, 0.29) is 12.0 Å². The molecule has 0 bridgehead atoms. The summed E-state index contributed by atoms with van der Waals surface area (Å²) in [5, 5.41) is 4.08. The van der Waals surface area contributed by atoms with Gasteiger partial charge in [0.15, 0.2) is 0 Å². The Bertz CT molecular complexity index is 704. The smallest absolute Gasteiger partial charge is 0.254 e. The zero-order valence-corrected chi connectivity index (χ0v) is 15.0. The van der Waals surface area contributed by atoms with Gasteiger partial charge in [0.25, 0.3) is 5.91 Å². The van der Waals surface area contributed by atoms with Crippen molar-refractivity contribution in [1.29, 1.82) is 0 Å². The predicted molar refractivity (Wildman–Crippen MR) is 93.9 cm³/mol. The number of thiophene rings is 1. The first-order valence-electron chi connectivity index (χ1n) is 8.14. The summed E-state index contributed by atoms with van der Waals surface area (Å²) >= 11 is 1.68. The Hall–Kier alpha value is -1.59. The van der Waals surface area contributed by atoms with Crippen LogP contribution in [0.2, 0.25) is 0 Å². The fraction of sp³-hybridized carbons (Fsp3) is 0.500. The van der Waals surface area contributed by atoms with Crippen molar-refractivity contribution in [2.45, 2.75) is 46.6 Å². The third kappa shape index (κ3) is 3.08. The largest absolute Gasteiger partial charge is 0.376 e. The maximum Gasteiger partial charge on any atom is 0.254 e. The fourth-order valence-corrected chi connectivity index (χ4v) is 4.40. The highest BCUT2D eigenvalue weighted by atomic mass is 32.1. The number of nitrogens with zero attached hydrogens (tertiary/aromatic N) is 1. The predicted octanol–water partition coefficient (Wildman–Crippen LogP) is 3.68. The van der Waals surface area contributed by atoms with Crippen LogP contribution in [0.4, 0.5) is 0 Å². The van der Waals surface area contributed by atoms with E-state index in [4.69, 9.17) is 4.74 Å². The van der Waals surface area contributed by atoms with Crippen molar-refractivity contribution >= 4 is 17.2 Å². The van der Waals surface area contributed by atoms with E-state index in [9.17, 15) is 4.79 Å². The SMILES string of the molecule is Cc1sc(-n2c(C)ccc2C)c(C(=O)NC[C@H]2CCCO2)c1C. The highest BCUT2D eigenvalue weighted by molar-refractivity contribution is 7.15. The molecular weight excluding hydrogens is 308 g/mol. The first kappa shape index (κ1) is 16.3. The van der Waals surface area contributed by atoms with Crippen LogP contribution in [0, 0.1) is 27.7 Å². The van der Waals surface area contributed by atoms with Gasteiger partial charge in [0.05, 0.1) is 11.7 Å². The maximum absolute atomic E-state index is 12.8. The van der Waals surface area contributed by atoms with E-state index >= 15 is 0 Å². The molecule has 0 spiro atoms. The molecule has 3 heterocycles. The van der Waals surface area contributed by atoms with Gasteiger partial charge in [0, 0.05) is 29.4 Å². The van der Waals surface area contributed by atoms with Crippen LogP contribution >= 0.6 is 11.3 Å². The summed E-state index contributed by atoms with van der Waals surface area (Å²) in [6.07, 6.45) is 2.28. The molecule has 1 aliphatic rings. The van der Waals surface area contributed by atoms with Crippen molar-refractivity contribution in [3.63, 3.8) is 0 Å². The number of amides is 1. The topological polar surface area (TPSA) is 43.3 Å². The molecule has 23 heavy (non-hydrogen) atoms. The molecule has 2 aromatic rings. The Morgan fingerprint density at radius 1 is 1.30 bits per heavy atom. The minimum atomic E-state index is 0.00449. The van der Waals surface area contributed by atoms with Crippen molar-refractivity contribution < 1.29 is 9.53 Å². The lowest BCUT2D eigenvalue weighted by molar-refractivity contribution is 0.0857. The summed E-state index contributed by atoms with van der Waals surface area (Å²) in [6.45, 7) is 9.66. The van der Waals surface area contributed by atoms with Gasteiger partial charge in [-0.1, -0.05) is 0 Å². The molecule has 5 heteroatoms. The van der Waals surface area contributed by atoms with E-state index in [1.54, 1.807) is 11.3 Å². The third-order valence-electron chi connectivity index (χ3n) is 4.58. The van der Waals surface area contributed by atoms with Gasteiger partial charge in [-0.3, -0.25) is 4.79 Å². The van der Waals surface area contributed by atoms with Gasteiger partial charge in [-0.15, -0.1) is 11.3 Å². The molecule has 124 valence electrons. The van der Waals surface area contributed by atoms with E-state index < -0.39 is 0 Å². The summed E-state index contributed by atoms with van der Waals surface area (Å²) in [5.74, 6) is 0.00449. The van der Waals surface area contributed by atoms with E-state index in [1.807, 2.05) is 6.92 Å². The van der Waals surface area contributed by atoms with Gasteiger partial charge in [0.1, 0.15) is 5.00 Å². The lowest BCUT2D eigenvalue weighted by Crippen LogP contribution is -2.32. The average Bonchev–Trinajstić information content (AvgIpc) is 3.20. The van der Waals surface area contributed by atoms with Crippen molar-refractivity contribution in [1.82, 2.24) is 9.88 Å². The Labute approximate surface area is 141 Å². The molecule has 1 amide bonds. The van der Waals surface area contributed by atoms with E-state index in [0.717, 1.165) is 47.0 Å². The molecule has 1 fully saturated rings.